The summed E-state index contributed by atoms with van der Waals surface area (Å²) in [6.45, 7) is -0.147. The van der Waals surface area contributed by atoms with E-state index in [9.17, 15) is 24.6 Å². The summed E-state index contributed by atoms with van der Waals surface area (Å²) in [4.78, 5) is 21.9. The zero-order chi connectivity index (χ0) is 16.9. The third kappa shape index (κ3) is 4.16. The number of nitrogens with one attached hydrogen (secondary N) is 2. The van der Waals surface area contributed by atoms with E-state index in [0.717, 1.165) is 31.4 Å². The van der Waals surface area contributed by atoms with Crippen LogP contribution in [0.5, 0.6) is 0 Å². The first kappa shape index (κ1) is 16.7. The number of carbonyl (C=O) groups is 1. The molecule has 0 unspecified atom stereocenters. The number of rotatable bonds is 5. The van der Waals surface area contributed by atoms with Crippen molar-refractivity contribution in [3.63, 3.8) is 0 Å². The van der Waals surface area contributed by atoms with Gasteiger partial charge in [-0.3, -0.25) is 14.9 Å². The van der Waals surface area contributed by atoms with E-state index >= 15 is 0 Å². The molecule has 1 saturated carbocycles. The van der Waals surface area contributed by atoms with Crippen LogP contribution in [-0.2, 0) is 4.79 Å². The molecule has 0 radical (unpaired) electrons. The molecule has 2 N–H and O–H groups in total. The third-order valence-corrected chi connectivity index (χ3v) is 3.90. The molecule has 0 aromatic heterocycles. The molecule has 0 aliphatic heterocycles. The molecular formula is C15H17FN4O3. The van der Waals surface area contributed by atoms with E-state index in [1.54, 1.807) is 0 Å². The smallest absolute Gasteiger partial charge is 0.306 e. The van der Waals surface area contributed by atoms with Gasteiger partial charge in [0.15, 0.2) is 0 Å². The Morgan fingerprint density at radius 1 is 1.39 bits per heavy atom. The molecule has 122 valence electrons. The van der Waals surface area contributed by atoms with Crippen LogP contribution in [0.15, 0.2) is 18.2 Å². The number of nitro benzene ring substituents is 1. The molecule has 0 heterocycles. The Morgan fingerprint density at radius 3 is 2.70 bits per heavy atom. The summed E-state index contributed by atoms with van der Waals surface area (Å²) in [6, 6.07) is 5.49. The maximum absolute atomic E-state index is 13.2. The topological polar surface area (TPSA) is 108 Å². The second-order valence-electron chi connectivity index (χ2n) is 5.58. The molecule has 8 heteroatoms. The third-order valence-electron chi connectivity index (χ3n) is 3.90. The number of anilines is 1. The van der Waals surface area contributed by atoms with Gasteiger partial charge in [0.2, 0.25) is 11.7 Å². The minimum Gasteiger partial charge on any atom is -0.376 e. The Hall–Kier alpha value is -2.69. The molecule has 1 amide bonds. The summed E-state index contributed by atoms with van der Waals surface area (Å²) in [6.07, 6.45) is 4.09. The molecular weight excluding hydrogens is 303 g/mol. The first-order valence-electron chi connectivity index (χ1n) is 7.36. The number of nitrogens with zero attached hydrogens (tertiary/aromatic N) is 2. The van der Waals surface area contributed by atoms with Gasteiger partial charge in [0.25, 0.3) is 0 Å². The van der Waals surface area contributed by atoms with Gasteiger partial charge in [0, 0.05) is 11.8 Å². The van der Waals surface area contributed by atoms with Crippen LogP contribution < -0.4 is 10.6 Å². The lowest BCUT2D eigenvalue weighted by Crippen LogP contribution is -2.50. The maximum Gasteiger partial charge on any atom is 0.306 e. The number of carbonyl (C=O) groups excluding carboxylic acids is 1. The summed E-state index contributed by atoms with van der Waals surface area (Å²) in [7, 11) is 0. The molecule has 0 atom stereocenters. The Balaban J connectivity index is 1.95. The minimum atomic E-state index is -0.935. The largest absolute Gasteiger partial charge is 0.376 e. The summed E-state index contributed by atoms with van der Waals surface area (Å²) >= 11 is 0. The molecule has 1 fully saturated rings. The van der Waals surface area contributed by atoms with E-state index in [0.29, 0.717) is 12.8 Å². The van der Waals surface area contributed by atoms with E-state index in [4.69, 9.17) is 0 Å². The highest BCUT2D eigenvalue weighted by atomic mass is 19.1. The van der Waals surface area contributed by atoms with Crippen molar-refractivity contribution in [3.8, 4) is 6.07 Å². The molecule has 1 aliphatic carbocycles. The predicted molar refractivity (Wildman–Crippen MR) is 81.1 cm³/mol. The van der Waals surface area contributed by atoms with E-state index in [2.05, 4.69) is 16.7 Å². The van der Waals surface area contributed by atoms with Gasteiger partial charge >= 0.3 is 5.69 Å². The lowest BCUT2D eigenvalue weighted by Gasteiger charge is -2.31. The maximum atomic E-state index is 13.2. The number of hydrogen-bond donors (Lipinski definition) is 2. The molecule has 2 rings (SSSR count). The minimum absolute atomic E-state index is 0.147. The number of amides is 1. The second-order valence-corrected chi connectivity index (χ2v) is 5.58. The van der Waals surface area contributed by atoms with E-state index in [1.807, 2.05) is 0 Å². The summed E-state index contributed by atoms with van der Waals surface area (Å²) in [5.41, 5.74) is -1.22. The van der Waals surface area contributed by atoms with Crippen LogP contribution in [0.1, 0.15) is 32.1 Å². The van der Waals surface area contributed by atoms with Crippen molar-refractivity contribution in [1.29, 1.82) is 5.26 Å². The van der Waals surface area contributed by atoms with E-state index < -0.39 is 22.0 Å². The first-order chi connectivity index (χ1) is 11.0. The van der Waals surface area contributed by atoms with Crippen LogP contribution >= 0.6 is 0 Å². The average Bonchev–Trinajstić information content (AvgIpc) is 2.54. The number of hydrogen-bond acceptors (Lipinski definition) is 5. The van der Waals surface area contributed by atoms with Crippen molar-refractivity contribution in [2.24, 2.45) is 0 Å². The number of nitro groups is 1. The van der Waals surface area contributed by atoms with Crippen molar-refractivity contribution in [3.05, 3.63) is 34.1 Å². The fraction of sp³-hybridized carbons (Fsp3) is 0.467. The monoisotopic (exact) mass is 320 g/mol. The van der Waals surface area contributed by atoms with Crippen molar-refractivity contribution < 1.29 is 14.1 Å². The summed E-state index contributed by atoms with van der Waals surface area (Å²) < 4.78 is 13.2. The van der Waals surface area contributed by atoms with E-state index in [-0.39, 0.29) is 18.1 Å². The van der Waals surface area contributed by atoms with Crippen LogP contribution in [0, 0.1) is 27.3 Å². The van der Waals surface area contributed by atoms with Crippen molar-refractivity contribution in [2.45, 2.75) is 37.6 Å². The van der Waals surface area contributed by atoms with Crippen molar-refractivity contribution >= 4 is 17.3 Å². The Labute approximate surface area is 132 Å². The Kier molecular flexibility index (Phi) is 5.11. The number of benzene rings is 1. The molecule has 7 nitrogen and oxygen atoms in total. The van der Waals surface area contributed by atoms with Crippen LogP contribution in [0.25, 0.3) is 0 Å². The van der Waals surface area contributed by atoms with Gasteiger partial charge in [0.05, 0.1) is 17.5 Å². The molecule has 23 heavy (non-hydrogen) atoms. The van der Waals surface area contributed by atoms with Crippen LogP contribution in [0.3, 0.4) is 0 Å². The van der Waals surface area contributed by atoms with Gasteiger partial charge in [-0.25, -0.2) is 0 Å². The van der Waals surface area contributed by atoms with Crippen molar-refractivity contribution in [2.75, 3.05) is 11.9 Å². The zero-order valence-corrected chi connectivity index (χ0v) is 12.5. The SMILES string of the molecule is N#CC1(NC(=O)CNc2ccc(F)c([N+](=O)[O-])c2)CCCCC1. The quantitative estimate of drug-likeness (QED) is 0.640. The highest BCUT2D eigenvalue weighted by molar-refractivity contribution is 5.82. The van der Waals surface area contributed by atoms with Gasteiger partial charge in [-0.05, 0) is 25.0 Å². The van der Waals surface area contributed by atoms with Gasteiger partial charge in [0.1, 0.15) is 5.54 Å². The molecule has 1 aliphatic rings. The normalized spacial score (nSPS) is 16.2. The zero-order valence-electron chi connectivity index (χ0n) is 12.5. The van der Waals surface area contributed by atoms with Gasteiger partial charge in [-0.15, -0.1) is 0 Å². The lowest BCUT2D eigenvalue weighted by molar-refractivity contribution is -0.387. The molecule has 0 bridgehead atoms. The molecule has 1 aromatic rings. The average molecular weight is 320 g/mol. The van der Waals surface area contributed by atoms with Crippen LogP contribution in [0.2, 0.25) is 0 Å². The standard InChI is InChI=1S/C15H17FN4O3/c16-12-5-4-11(8-13(12)20(22)23)18-9-14(21)19-15(10-17)6-2-1-3-7-15/h4-5,8,18H,1-3,6-7,9H2,(H,19,21). The first-order valence-corrected chi connectivity index (χ1v) is 7.36. The van der Waals surface area contributed by atoms with Crippen molar-refractivity contribution in [1.82, 2.24) is 5.32 Å². The molecule has 1 aromatic carbocycles. The fourth-order valence-corrected chi connectivity index (χ4v) is 2.68. The van der Waals surface area contributed by atoms with Crippen LogP contribution in [0.4, 0.5) is 15.8 Å². The summed E-state index contributed by atoms with van der Waals surface area (Å²) in [5, 5.41) is 25.4. The highest BCUT2D eigenvalue weighted by Gasteiger charge is 2.33. The Bertz CT molecular complexity index is 651. The predicted octanol–water partition coefficient (Wildman–Crippen LogP) is 2.49. The van der Waals surface area contributed by atoms with Crippen LogP contribution in [-0.4, -0.2) is 22.9 Å². The second kappa shape index (κ2) is 7.05. The molecule has 0 saturated heterocycles. The number of halogens is 1. The highest BCUT2D eigenvalue weighted by Crippen LogP contribution is 2.27. The summed E-state index contributed by atoms with van der Waals surface area (Å²) in [5.74, 6) is -1.31. The lowest BCUT2D eigenvalue weighted by atomic mass is 9.83. The molecule has 0 spiro atoms. The van der Waals surface area contributed by atoms with E-state index in [1.165, 1.54) is 6.07 Å². The Morgan fingerprint density at radius 2 is 2.09 bits per heavy atom. The fourth-order valence-electron chi connectivity index (χ4n) is 2.68. The van der Waals surface area contributed by atoms with Gasteiger partial charge < -0.3 is 10.6 Å². The van der Waals surface area contributed by atoms with Gasteiger partial charge in [-0.1, -0.05) is 19.3 Å². The van der Waals surface area contributed by atoms with Gasteiger partial charge in [-0.2, -0.15) is 9.65 Å². The number of nitriles is 1.